The third-order valence-electron chi connectivity index (χ3n) is 4.85. The minimum absolute atomic E-state index is 0.0649. The van der Waals surface area contributed by atoms with Crippen molar-refractivity contribution >= 4 is 21.6 Å². The van der Waals surface area contributed by atoms with Crippen LogP contribution in [0.5, 0.6) is 0 Å². The Kier molecular flexibility index (Phi) is 7.03. The molecule has 5 nitrogen and oxygen atoms in total. The zero-order valence-corrected chi connectivity index (χ0v) is 18.0. The van der Waals surface area contributed by atoms with Gasteiger partial charge in [-0.05, 0) is 60.7 Å². The van der Waals surface area contributed by atoms with Crippen LogP contribution in [0.4, 0.5) is 5.69 Å². The van der Waals surface area contributed by atoms with E-state index in [9.17, 15) is 13.2 Å². The molecule has 30 heavy (non-hydrogen) atoms. The molecule has 1 amide bonds. The van der Waals surface area contributed by atoms with Crippen molar-refractivity contribution < 1.29 is 13.2 Å². The first-order chi connectivity index (χ1) is 14.3. The first kappa shape index (κ1) is 21.7. The fourth-order valence-electron chi connectivity index (χ4n) is 3.03. The molecule has 0 fully saturated rings. The van der Waals surface area contributed by atoms with E-state index in [0.29, 0.717) is 12.8 Å². The number of hydrogen-bond donors (Lipinski definition) is 2. The number of nitrogens with one attached hydrogen (secondary N) is 2. The summed E-state index contributed by atoms with van der Waals surface area (Å²) in [6.45, 7) is 4.18. The largest absolute Gasteiger partial charge is 0.326 e. The van der Waals surface area contributed by atoms with Crippen LogP contribution < -0.4 is 10.0 Å². The van der Waals surface area contributed by atoms with E-state index in [1.54, 1.807) is 24.3 Å². The van der Waals surface area contributed by atoms with Crippen molar-refractivity contribution in [3.8, 4) is 0 Å². The molecule has 0 spiro atoms. The average molecular weight is 423 g/mol. The van der Waals surface area contributed by atoms with Gasteiger partial charge in [-0.15, -0.1) is 0 Å². The minimum atomic E-state index is -3.59. The maximum absolute atomic E-state index is 12.5. The van der Waals surface area contributed by atoms with Crippen LogP contribution in [0.3, 0.4) is 0 Å². The van der Waals surface area contributed by atoms with Gasteiger partial charge in [0.25, 0.3) is 0 Å². The lowest BCUT2D eigenvalue weighted by Crippen LogP contribution is -2.23. The standard InChI is InChI=1S/C24H26N2O3S/c1-18-8-9-19(2)23(16-18)26-24(27)15-12-20-10-13-22(14-11-20)30(28,29)25-17-21-6-4-3-5-7-21/h3-11,13-14,16,25H,12,15,17H2,1-2H3,(H,26,27). The number of amides is 1. The predicted molar refractivity (Wildman–Crippen MR) is 120 cm³/mol. The van der Waals surface area contributed by atoms with E-state index >= 15 is 0 Å². The van der Waals surface area contributed by atoms with Crippen molar-refractivity contribution in [1.82, 2.24) is 4.72 Å². The highest BCUT2D eigenvalue weighted by atomic mass is 32.2. The van der Waals surface area contributed by atoms with Crippen molar-refractivity contribution in [2.45, 2.75) is 38.1 Å². The number of aryl methyl sites for hydroxylation is 3. The molecular weight excluding hydrogens is 396 g/mol. The van der Waals surface area contributed by atoms with E-state index in [0.717, 1.165) is 27.9 Å². The molecule has 3 aromatic carbocycles. The quantitative estimate of drug-likeness (QED) is 0.567. The highest BCUT2D eigenvalue weighted by Crippen LogP contribution is 2.17. The number of sulfonamides is 1. The van der Waals surface area contributed by atoms with Gasteiger partial charge in [0.1, 0.15) is 0 Å². The fourth-order valence-corrected chi connectivity index (χ4v) is 4.05. The second-order valence-corrected chi connectivity index (χ2v) is 9.09. The van der Waals surface area contributed by atoms with Gasteiger partial charge in [-0.2, -0.15) is 0 Å². The van der Waals surface area contributed by atoms with Crippen LogP contribution >= 0.6 is 0 Å². The van der Waals surface area contributed by atoms with Crippen LogP contribution in [0.25, 0.3) is 0 Å². The van der Waals surface area contributed by atoms with Gasteiger partial charge in [-0.1, -0.05) is 54.6 Å². The van der Waals surface area contributed by atoms with E-state index in [1.807, 2.05) is 62.4 Å². The van der Waals surface area contributed by atoms with Crippen LogP contribution in [0, 0.1) is 13.8 Å². The van der Waals surface area contributed by atoms with Crippen molar-refractivity contribution in [2.75, 3.05) is 5.32 Å². The van der Waals surface area contributed by atoms with Crippen molar-refractivity contribution in [1.29, 1.82) is 0 Å². The Morgan fingerprint density at radius 1 is 0.867 bits per heavy atom. The molecule has 0 atom stereocenters. The van der Waals surface area contributed by atoms with Crippen LogP contribution in [0.2, 0.25) is 0 Å². The summed E-state index contributed by atoms with van der Waals surface area (Å²) >= 11 is 0. The van der Waals surface area contributed by atoms with Gasteiger partial charge in [0.2, 0.25) is 15.9 Å². The molecule has 0 unspecified atom stereocenters. The molecule has 3 rings (SSSR count). The number of hydrogen-bond acceptors (Lipinski definition) is 3. The summed E-state index contributed by atoms with van der Waals surface area (Å²) in [4.78, 5) is 12.5. The van der Waals surface area contributed by atoms with E-state index in [1.165, 1.54) is 0 Å². The van der Waals surface area contributed by atoms with Gasteiger partial charge in [0, 0.05) is 18.7 Å². The zero-order chi connectivity index (χ0) is 21.6. The topological polar surface area (TPSA) is 75.3 Å². The van der Waals surface area contributed by atoms with Crippen LogP contribution in [-0.4, -0.2) is 14.3 Å². The molecular formula is C24H26N2O3S. The first-order valence-electron chi connectivity index (χ1n) is 9.83. The lowest BCUT2D eigenvalue weighted by Gasteiger charge is -2.10. The fraction of sp³-hybridized carbons (Fsp3) is 0.208. The van der Waals surface area contributed by atoms with Crippen molar-refractivity contribution in [3.05, 3.63) is 95.1 Å². The molecule has 0 aliphatic rings. The molecule has 2 N–H and O–H groups in total. The highest BCUT2D eigenvalue weighted by molar-refractivity contribution is 7.89. The second-order valence-electron chi connectivity index (χ2n) is 7.32. The van der Waals surface area contributed by atoms with E-state index in [4.69, 9.17) is 0 Å². The van der Waals surface area contributed by atoms with Crippen molar-refractivity contribution in [2.24, 2.45) is 0 Å². The molecule has 0 radical (unpaired) electrons. The minimum Gasteiger partial charge on any atom is -0.326 e. The zero-order valence-electron chi connectivity index (χ0n) is 17.2. The number of rotatable bonds is 8. The van der Waals surface area contributed by atoms with Gasteiger partial charge in [0.05, 0.1) is 4.90 Å². The normalized spacial score (nSPS) is 11.3. The third kappa shape index (κ3) is 6.02. The maximum atomic E-state index is 12.5. The molecule has 0 aliphatic carbocycles. The van der Waals surface area contributed by atoms with Crippen LogP contribution in [0.1, 0.15) is 28.7 Å². The summed E-state index contributed by atoms with van der Waals surface area (Å²) in [6.07, 6.45) is 0.861. The van der Waals surface area contributed by atoms with E-state index < -0.39 is 10.0 Å². The van der Waals surface area contributed by atoms with E-state index in [-0.39, 0.29) is 17.3 Å². The molecule has 0 saturated carbocycles. The Morgan fingerprint density at radius 2 is 1.57 bits per heavy atom. The molecule has 0 aromatic heterocycles. The molecule has 0 aliphatic heterocycles. The molecule has 3 aromatic rings. The summed E-state index contributed by atoms with van der Waals surface area (Å²) in [6, 6.07) is 22.0. The van der Waals surface area contributed by atoms with Gasteiger partial charge in [-0.25, -0.2) is 13.1 Å². The Hall–Kier alpha value is -2.96. The molecule has 0 heterocycles. The SMILES string of the molecule is Cc1ccc(C)c(NC(=O)CCc2ccc(S(=O)(=O)NCc3ccccc3)cc2)c1. The lowest BCUT2D eigenvalue weighted by atomic mass is 10.1. The monoisotopic (exact) mass is 422 g/mol. The van der Waals surface area contributed by atoms with E-state index in [2.05, 4.69) is 10.0 Å². The van der Waals surface area contributed by atoms with Gasteiger partial charge in [0.15, 0.2) is 0 Å². The summed E-state index contributed by atoms with van der Waals surface area (Å²) in [5.41, 5.74) is 4.74. The number of carbonyl (C=O) groups excluding carboxylic acids is 1. The Balaban J connectivity index is 1.55. The number of carbonyl (C=O) groups is 1. The lowest BCUT2D eigenvalue weighted by molar-refractivity contribution is -0.116. The summed E-state index contributed by atoms with van der Waals surface area (Å²) < 4.78 is 27.5. The van der Waals surface area contributed by atoms with Crippen molar-refractivity contribution in [3.63, 3.8) is 0 Å². The van der Waals surface area contributed by atoms with Gasteiger partial charge in [-0.3, -0.25) is 4.79 Å². The summed E-state index contributed by atoms with van der Waals surface area (Å²) in [7, 11) is -3.59. The smallest absolute Gasteiger partial charge is 0.240 e. The predicted octanol–water partition coefficient (Wildman–Crippen LogP) is 4.35. The van der Waals surface area contributed by atoms with Gasteiger partial charge < -0.3 is 5.32 Å². The number of anilines is 1. The molecule has 0 saturated heterocycles. The summed E-state index contributed by atoms with van der Waals surface area (Å²) in [5, 5.41) is 2.94. The summed E-state index contributed by atoms with van der Waals surface area (Å²) in [5.74, 6) is -0.0649. The molecule has 6 heteroatoms. The van der Waals surface area contributed by atoms with Gasteiger partial charge >= 0.3 is 0 Å². The van der Waals surface area contributed by atoms with Crippen LogP contribution in [-0.2, 0) is 27.8 Å². The Bertz CT molecular complexity index is 1110. The van der Waals surface area contributed by atoms with Crippen LogP contribution in [0.15, 0.2) is 77.7 Å². The highest BCUT2D eigenvalue weighted by Gasteiger charge is 2.14. The number of benzene rings is 3. The second kappa shape index (κ2) is 9.69. The Morgan fingerprint density at radius 3 is 2.27 bits per heavy atom. The Labute approximate surface area is 178 Å². The molecule has 0 bridgehead atoms. The average Bonchev–Trinajstić information content (AvgIpc) is 2.74. The molecule has 156 valence electrons. The first-order valence-corrected chi connectivity index (χ1v) is 11.3. The third-order valence-corrected chi connectivity index (χ3v) is 6.27. The maximum Gasteiger partial charge on any atom is 0.240 e.